The molecule has 0 bridgehead atoms. The molecule has 0 aliphatic heterocycles. The Morgan fingerprint density at radius 2 is 2.00 bits per heavy atom. The van der Waals surface area contributed by atoms with E-state index >= 15 is 0 Å². The van der Waals surface area contributed by atoms with Gasteiger partial charge in [0.05, 0.1) is 12.6 Å². The molecule has 0 aliphatic rings. The van der Waals surface area contributed by atoms with Gasteiger partial charge in [0.25, 0.3) is 0 Å². The first-order chi connectivity index (χ1) is 11.2. The largest absolute Gasteiger partial charge is 0.391 e. The van der Waals surface area contributed by atoms with Gasteiger partial charge in [-0.3, -0.25) is 4.99 Å². The first-order valence-corrected chi connectivity index (χ1v) is 8.85. The van der Waals surface area contributed by atoms with Gasteiger partial charge in [-0.1, -0.05) is 30.3 Å². The maximum absolute atomic E-state index is 10.2. The normalized spacial score (nSPS) is 12.4. The van der Waals surface area contributed by atoms with Crippen LogP contribution in [0.3, 0.4) is 0 Å². The minimum absolute atomic E-state index is 0. The monoisotopic (exact) mass is 459 g/mol. The standard InChI is InChI=1S/C18H25N3OS.HI/c1-3-19-18(21(2)13-16-9-10-23-14-16)20-12-17(22)11-15-7-5-4-6-8-15;/h4-10,14,17,22H,3,11-13H2,1-2H3,(H,19,20);1H. The summed E-state index contributed by atoms with van der Waals surface area (Å²) < 4.78 is 0. The highest BCUT2D eigenvalue weighted by atomic mass is 127. The maximum atomic E-state index is 10.2. The van der Waals surface area contributed by atoms with E-state index in [4.69, 9.17) is 0 Å². The van der Waals surface area contributed by atoms with E-state index in [1.807, 2.05) is 44.3 Å². The minimum Gasteiger partial charge on any atom is -0.391 e. The fourth-order valence-electron chi connectivity index (χ4n) is 2.34. The van der Waals surface area contributed by atoms with Gasteiger partial charge in [0.2, 0.25) is 0 Å². The lowest BCUT2D eigenvalue weighted by Crippen LogP contribution is -2.39. The summed E-state index contributed by atoms with van der Waals surface area (Å²) >= 11 is 1.70. The van der Waals surface area contributed by atoms with Crippen LogP contribution in [0, 0.1) is 0 Å². The van der Waals surface area contributed by atoms with Gasteiger partial charge in [0.1, 0.15) is 0 Å². The molecule has 0 spiro atoms. The van der Waals surface area contributed by atoms with Crippen molar-refractivity contribution >= 4 is 41.3 Å². The summed E-state index contributed by atoms with van der Waals surface area (Å²) in [6, 6.07) is 12.1. The summed E-state index contributed by atoms with van der Waals surface area (Å²) in [5.74, 6) is 0.825. The Kier molecular flexibility index (Phi) is 9.97. The molecule has 132 valence electrons. The van der Waals surface area contributed by atoms with Crippen LogP contribution in [0.15, 0.2) is 52.2 Å². The van der Waals surface area contributed by atoms with Gasteiger partial charge in [-0.15, -0.1) is 24.0 Å². The number of hydrogen-bond acceptors (Lipinski definition) is 3. The molecule has 2 aromatic rings. The van der Waals surface area contributed by atoms with Crippen LogP contribution in [0.5, 0.6) is 0 Å². The highest BCUT2D eigenvalue weighted by Crippen LogP contribution is 2.09. The first kappa shape index (κ1) is 20.9. The van der Waals surface area contributed by atoms with Crippen molar-refractivity contribution in [2.45, 2.75) is 26.0 Å². The molecule has 6 heteroatoms. The lowest BCUT2D eigenvalue weighted by molar-refractivity contribution is 0.183. The lowest BCUT2D eigenvalue weighted by atomic mass is 10.1. The van der Waals surface area contributed by atoms with Crippen molar-refractivity contribution in [1.82, 2.24) is 10.2 Å². The number of guanidine groups is 1. The minimum atomic E-state index is -0.472. The number of nitrogens with zero attached hydrogens (tertiary/aromatic N) is 2. The summed E-state index contributed by atoms with van der Waals surface area (Å²) in [7, 11) is 2.02. The second kappa shape index (κ2) is 11.4. The Hall–Kier alpha value is -1.12. The highest BCUT2D eigenvalue weighted by molar-refractivity contribution is 14.0. The van der Waals surface area contributed by atoms with Gasteiger partial charge in [0, 0.05) is 26.6 Å². The Morgan fingerprint density at radius 3 is 2.62 bits per heavy atom. The Bertz CT molecular complexity index is 590. The van der Waals surface area contributed by atoms with Crippen molar-refractivity contribution in [3.8, 4) is 0 Å². The number of hydrogen-bond donors (Lipinski definition) is 2. The van der Waals surface area contributed by atoms with Crippen LogP contribution in [0.1, 0.15) is 18.1 Å². The maximum Gasteiger partial charge on any atom is 0.194 e. The van der Waals surface area contributed by atoms with E-state index in [-0.39, 0.29) is 24.0 Å². The highest BCUT2D eigenvalue weighted by Gasteiger charge is 2.09. The van der Waals surface area contributed by atoms with E-state index in [0.29, 0.717) is 13.0 Å². The fourth-order valence-corrected chi connectivity index (χ4v) is 3.00. The number of aliphatic hydroxyl groups is 1. The lowest BCUT2D eigenvalue weighted by Gasteiger charge is -2.22. The zero-order valence-corrected chi connectivity index (χ0v) is 17.3. The number of halogens is 1. The molecule has 0 aliphatic carbocycles. The second-order valence-electron chi connectivity index (χ2n) is 5.53. The van der Waals surface area contributed by atoms with Crippen molar-refractivity contribution in [3.63, 3.8) is 0 Å². The molecule has 24 heavy (non-hydrogen) atoms. The van der Waals surface area contributed by atoms with Crippen molar-refractivity contribution in [1.29, 1.82) is 0 Å². The average molecular weight is 459 g/mol. The number of aliphatic hydroxyl groups excluding tert-OH is 1. The van der Waals surface area contributed by atoms with E-state index in [1.54, 1.807) is 11.3 Å². The molecule has 2 rings (SSSR count). The van der Waals surface area contributed by atoms with Crippen LogP contribution in [0.25, 0.3) is 0 Å². The summed E-state index contributed by atoms with van der Waals surface area (Å²) in [6.07, 6.45) is 0.151. The van der Waals surface area contributed by atoms with Gasteiger partial charge >= 0.3 is 0 Å². The number of nitrogens with one attached hydrogen (secondary N) is 1. The van der Waals surface area contributed by atoms with Gasteiger partial charge < -0.3 is 15.3 Å². The third-order valence-corrected chi connectivity index (χ3v) is 4.19. The van der Waals surface area contributed by atoms with Crippen LogP contribution in [-0.4, -0.2) is 42.2 Å². The van der Waals surface area contributed by atoms with Gasteiger partial charge in [0.15, 0.2) is 5.96 Å². The Labute approximate surface area is 165 Å². The Balaban J connectivity index is 0.00000288. The molecule has 2 N–H and O–H groups in total. The molecule has 0 radical (unpaired) electrons. The third kappa shape index (κ3) is 7.19. The summed E-state index contributed by atoms with van der Waals surface area (Å²) in [5, 5.41) is 17.7. The number of benzene rings is 1. The molecule has 1 unspecified atom stereocenters. The molecule has 1 atom stereocenters. The van der Waals surface area contributed by atoms with E-state index in [2.05, 4.69) is 32.0 Å². The van der Waals surface area contributed by atoms with E-state index < -0.39 is 6.10 Å². The molecular weight excluding hydrogens is 433 g/mol. The van der Waals surface area contributed by atoms with Crippen molar-refractivity contribution in [2.75, 3.05) is 20.1 Å². The molecule has 0 saturated carbocycles. The van der Waals surface area contributed by atoms with Crippen LogP contribution < -0.4 is 5.32 Å². The predicted octanol–water partition coefficient (Wildman–Crippen LogP) is 3.37. The molecule has 1 aromatic heterocycles. The zero-order valence-electron chi connectivity index (χ0n) is 14.2. The van der Waals surface area contributed by atoms with Crippen LogP contribution in [0.4, 0.5) is 0 Å². The SMILES string of the molecule is CCNC(=NCC(O)Cc1ccccc1)N(C)Cc1ccsc1.I. The van der Waals surface area contributed by atoms with E-state index in [9.17, 15) is 5.11 Å². The van der Waals surface area contributed by atoms with Gasteiger partial charge in [-0.25, -0.2) is 0 Å². The number of thiophene rings is 1. The average Bonchev–Trinajstić information content (AvgIpc) is 3.05. The summed E-state index contributed by atoms with van der Waals surface area (Å²) in [6.45, 7) is 4.06. The topological polar surface area (TPSA) is 47.9 Å². The smallest absolute Gasteiger partial charge is 0.194 e. The van der Waals surface area contributed by atoms with Crippen LogP contribution in [0.2, 0.25) is 0 Å². The molecule has 0 fully saturated rings. The molecule has 1 aromatic carbocycles. The quantitative estimate of drug-likeness (QED) is 0.379. The molecule has 4 nitrogen and oxygen atoms in total. The summed E-state index contributed by atoms with van der Waals surface area (Å²) in [5.41, 5.74) is 2.40. The second-order valence-corrected chi connectivity index (χ2v) is 6.31. The van der Waals surface area contributed by atoms with Crippen molar-refractivity contribution < 1.29 is 5.11 Å². The van der Waals surface area contributed by atoms with E-state index in [0.717, 1.165) is 24.6 Å². The van der Waals surface area contributed by atoms with Crippen LogP contribution in [-0.2, 0) is 13.0 Å². The summed E-state index contributed by atoms with van der Waals surface area (Å²) in [4.78, 5) is 6.66. The third-order valence-electron chi connectivity index (χ3n) is 3.46. The fraction of sp³-hybridized carbons (Fsp3) is 0.389. The van der Waals surface area contributed by atoms with Gasteiger partial charge in [-0.2, -0.15) is 11.3 Å². The van der Waals surface area contributed by atoms with E-state index in [1.165, 1.54) is 5.56 Å². The Morgan fingerprint density at radius 1 is 1.25 bits per heavy atom. The van der Waals surface area contributed by atoms with Crippen LogP contribution >= 0.6 is 35.3 Å². The number of aliphatic imine (C=N–C) groups is 1. The van der Waals surface area contributed by atoms with Crippen molar-refractivity contribution in [2.24, 2.45) is 4.99 Å². The first-order valence-electron chi connectivity index (χ1n) is 7.91. The number of rotatable bonds is 7. The molecule has 0 amide bonds. The van der Waals surface area contributed by atoms with Gasteiger partial charge in [-0.05, 0) is 34.9 Å². The zero-order chi connectivity index (χ0) is 16.5. The molecular formula is C18H26IN3OS. The molecule has 1 heterocycles. The molecule has 0 saturated heterocycles. The predicted molar refractivity (Wildman–Crippen MR) is 113 cm³/mol. The van der Waals surface area contributed by atoms with Crippen molar-refractivity contribution in [3.05, 3.63) is 58.3 Å².